The average molecular weight is 360 g/mol. The lowest BCUT2D eigenvalue weighted by molar-refractivity contribution is -0.134. The molecule has 2 amide bonds. The lowest BCUT2D eigenvalue weighted by atomic mass is 10.2. The van der Waals surface area contributed by atoms with E-state index in [1.165, 1.54) is 9.13 Å². The van der Waals surface area contributed by atoms with Crippen LogP contribution in [0.1, 0.15) is 12.8 Å². The second-order valence-corrected chi connectivity index (χ2v) is 6.67. The third-order valence-electron chi connectivity index (χ3n) is 4.80. The van der Waals surface area contributed by atoms with E-state index < -0.39 is 0 Å². The minimum Gasteiger partial charge on any atom is -0.340 e. The molecule has 3 heterocycles. The molecule has 3 rings (SSSR count). The van der Waals surface area contributed by atoms with Gasteiger partial charge >= 0.3 is 5.69 Å². The summed E-state index contributed by atoms with van der Waals surface area (Å²) in [6, 6.07) is 3.40. The SMILES string of the molecule is CN1CCN(C(=O)CCC(=O)Nc2ccc3c(n2)n(C)c(=O)n3C)CC1. The van der Waals surface area contributed by atoms with Gasteiger partial charge in [0, 0.05) is 53.1 Å². The molecule has 1 saturated heterocycles. The number of fused-ring (bicyclic) bond motifs is 1. The predicted octanol–water partition coefficient (Wildman–Crippen LogP) is -0.235. The van der Waals surface area contributed by atoms with Crippen LogP contribution in [0.2, 0.25) is 0 Å². The van der Waals surface area contributed by atoms with Crippen molar-refractivity contribution in [2.24, 2.45) is 14.1 Å². The zero-order valence-electron chi connectivity index (χ0n) is 15.4. The minimum absolute atomic E-state index is 0.00196. The van der Waals surface area contributed by atoms with Crippen LogP contribution in [0.25, 0.3) is 11.2 Å². The van der Waals surface area contributed by atoms with Crippen LogP contribution in [0.3, 0.4) is 0 Å². The molecular formula is C17H24N6O3. The molecule has 26 heavy (non-hydrogen) atoms. The summed E-state index contributed by atoms with van der Waals surface area (Å²) >= 11 is 0. The van der Waals surface area contributed by atoms with Gasteiger partial charge < -0.3 is 15.1 Å². The maximum atomic E-state index is 12.2. The Morgan fingerprint density at radius 2 is 1.73 bits per heavy atom. The number of aryl methyl sites for hydroxylation is 2. The van der Waals surface area contributed by atoms with E-state index in [2.05, 4.69) is 15.2 Å². The number of anilines is 1. The molecule has 1 aliphatic rings. The molecule has 140 valence electrons. The van der Waals surface area contributed by atoms with Crippen molar-refractivity contribution in [1.29, 1.82) is 0 Å². The Morgan fingerprint density at radius 1 is 1.04 bits per heavy atom. The fourth-order valence-electron chi connectivity index (χ4n) is 3.08. The number of nitrogens with one attached hydrogen (secondary N) is 1. The second-order valence-electron chi connectivity index (χ2n) is 6.67. The number of carbonyl (C=O) groups is 2. The van der Waals surface area contributed by atoms with Crippen molar-refractivity contribution < 1.29 is 9.59 Å². The molecule has 9 heteroatoms. The van der Waals surface area contributed by atoms with E-state index in [0.717, 1.165) is 13.1 Å². The summed E-state index contributed by atoms with van der Waals surface area (Å²) in [5.41, 5.74) is 1.03. The number of hydrogen-bond donors (Lipinski definition) is 1. The van der Waals surface area contributed by atoms with Gasteiger partial charge in [-0.2, -0.15) is 0 Å². The van der Waals surface area contributed by atoms with Crippen LogP contribution in [0, 0.1) is 0 Å². The molecule has 1 aliphatic heterocycles. The Hall–Kier alpha value is -2.68. The first kappa shape index (κ1) is 18.1. The van der Waals surface area contributed by atoms with Crippen LogP contribution < -0.4 is 11.0 Å². The van der Waals surface area contributed by atoms with Crippen LogP contribution in [-0.4, -0.2) is 69.0 Å². The number of nitrogens with zero attached hydrogens (tertiary/aromatic N) is 5. The largest absolute Gasteiger partial charge is 0.340 e. The van der Waals surface area contributed by atoms with Crippen LogP contribution in [-0.2, 0) is 23.7 Å². The van der Waals surface area contributed by atoms with E-state index in [1.54, 1.807) is 31.1 Å². The molecule has 0 saturated carbocycles. The lowest BCUT2D eigenvalue weighted by Gasteiger charge is -2.32. The van der Waals surface area contributed by atoms with Gasteiger partial charge in [-0.15, -0.1) is 0 Å². The van der Waals surface area contributed by atoms with Crippen LogP contribution >= 0.6 is 0 Å². The van der Waals surface area contributed by atoms with Gasteiger partial charge in [-0.25, -0.2) is 9.78 Å². The van der Waals surface area contributed by atoms with Crippen molar-refractivity contribution in [3.8, 4) is 0 Å². The minimum atomic E-state index is -0.264. The van der Waals surface area contributed by atoms with E-state index in [1.807, 2.05) is 7.05 Å². The number of piperazine rings is 1. The topological polar surface area (TPSA) is 92.5 Å². The number of amides is 2. The highest BCUT2D eigenvalue weighted by atomic mass is 16.2. The van der Waals surface area contributed by atoms with Gasteiger partial charge in [0.1, 0.15) is 5.82 Å². The third-order valence-corrected chi connectivity index (χ3v) is 4.80. The number of rotatable bonds is 4. The van der Waals surface area contributed by atoms with Crippen molar-refractivity contribution in [3.05, 3.63) is 22.6 Å². The Kier molecular flexibility index (Phi) is 5.08. The van der Waals surface area contributed by atoms with E-state index in [4.69, 9.17) is 0 Å². The molecule has 0 radical (unpaired) electrons. The number of carbonyl (C=O) groups excluding carboxylic acids is 2. The van der Waals surface area contributed by atoms with Gasteiger partial charge in [0.2, 0.25) is 11.8 Å². The Labute approximate surface area is 151 Å². The summed E-state index contributed by atoms with van der Waals surface area (Å²) in [6.07, 6.45) is 0.292. The molecule has 1 N–H and O–H groups in total. The highest BCUT2D eigenvalue weighted by Crippen LogP contribution is 2.13. The number of imidazole rings is 1. The smallest absolute Gasteiger partial charge is 0.329 e. The van der Waals surface area contributed by atoms with Crippen molar-refractivity contribution in [1.82, 2.24) is 23.9 Å². The molecule has 0 atom stereocenters. The molecule has 0 aromatic carbocycles. The highest BCUT2D eigenvalue weighted by molar-refractivity contribution is 5.93. The second kappa shape index (κ2) is 7.28. The Morgan fingerprint density at radius 3 is 2.42 bits per heavy atom. The summed E-state index contributed by atoms with van der Waals surface area (Å²) in [7, 11) is 5.34. The van der Waals surface area contributed by atoms with Gasteiger partial charge in [-0.3, -0.25) is 18.7 Å². The number of pyridine rings is 1. The normalized spacial score (nSPS) is 15.4. The zero-order chi connectivity index (χ0) is 18.8. The molecule has 9 nitrogen and oxygen atoms in total. The van der Waals surface area contributed by atoms with E-state index in [-0.39, 0.29) is 30.3 Å². The monoisotopic (exact) mass is 360 g/mol. The van der Waals surface area contributed by atoms with E-state index >= 15 is 0 Å². The van der Waals surface area contributed by atoms with E-state index in [9.17, 15) is 14.4 Å². The van der Waals surface area contributed by atoms with Gasteiger partial charge in [0.25, 0.3) is 0 Å². The standard InChI is InChI=1S/C17H24N6O3/c1-20-8-10-23(11-9-20)15(25)7-6-14(24)18-13-5-4-12-16(19-13)22(3)17(26)21(12)2/h4-5H,6-11H2,1-3H3,(H,18,19,24). The third kappa shape index (κ3) is 3.62. The van der Waals surface area contributed by atoms with Gasteiger partial charge in [-0.05, 0) is 19.2 Å². The van der Waals surface area contributed by atoms with Gasteiger partial charge in [0.05, 0.1) is 5.52 Å². The van der Waals surface area contributed by atoms with Gasteiger partial charge in [-0.1, -0.05) is 0 Å². The maximum absolute atomic E-state index is 12.2. The summed E-state index contributed by atoms with van der Waals surface area (Å²) in [5.74, 6) is 0.109. The van der Waals surface area contributed by atoms with Crippen molar-refractivity contribution in [2.75, 3.05) is 38.5 Å². The first-order valence-corrected chi connectivity index (χ1v) is 8.65. The summed E-state index contributed by atoms with van der Waals surface area (Å²) in [5, 5.41) is 2.70. The highest BCUT2D eigenvalue weighted by Gasteiger charge is 2.19. The van der Waals surface area contributed by atoms with Gasteiger partial charge in [0.15, 0.2) is 5.65 Å². The van der Waals surface area contributed by atoms with Crippen molar-refractivity contribution in [3.63, 3.8) is 0 Å². The fourth-order valence-corrected chi connectivity index (χ4v) is 3.08. The summed E-state index contributed by atoms with van der Waals surface area (Å²) in [6.45, 7) is 3.13. The predicted molar refractivity (Wildman–Crippen MR) is 97.9 cm³/mol. The lowest BCUT2D eigenvalue weighted by Crippen LogP contribution is -2.47. The Bertz CT molecular complexity index is 892. The fraction of sp³-hybridized carbons (Fsp3) is 0.529. The maximum Gasteiger partial charge on any atom is 0.329 e. The first-order chi connectivity index (χ1) is 12.4. The molecule has 1 fully saturated rings. The summed E-state index contributed by atoms with van der Waals surface area (Å²) < 4.78 is 2.94. The Balaban J connectivity index is 1.58. The number of aromatic nitrogens is 3. The quantitative estimate of drug-likeness (QED) is 0.813. The van der Waals surface area contributed by atoms with E-state index in [0.29, 0.717) is 30.1 Å². The molecule has 0 aliphatic carbocycles. The zero-order valence-corrected chi connectivity index (χ0v) is 15.4. The van der Waals surface area contributed by atoms with Crippen molar-refractivity contribution >= 4 is 28.8 Å². The summed E-state index contributed by atoms with van der Waals surface area (Å²) in [4.78, 5) is 44.6. The molecule has 0 bridgehead atoms. The number of likely N-dealkylation sites (N-methyl/N-ethyl adjacent to an activating group) is 1. The molecule has 2 aromatic rings. The molecule has 0 spiro atoms. The first-order valence-electron chi connectivity index (χ1n) is 8.65. The number of hydrogen-bond acceptors (Lipinski definition) is 5. The molecular weight excluding hydrogens is 336 g/mol. The molecule has 2 aromatic heterocycles. The van der Waals surface area contributed by atoms with Crippen LogP contribution in [0.15, 0.2) is 16.9 Å². The van der Waals surface area contributed by atoms with Crippen molar-refractivity contribution in [2.45, 2.75) is 12.8 Å². The molecule has 0 unspecified atom stereocenters. The average Bonchev–Trinajstić information content (AvgIpc) is 2.84. The van der Waals surface area contributed by atoms with Crippen LogP contribution in [0.4, 0.5) is 5.82 Å². The van der Waals surface area contributed by atoms with Crippen LogP contribution in [0.5, 0.6) is 0 Å².